The zero-order chi connectivity index (χ0) is 14.4. The van der Waals surface area contributed by atoms with Gasteiger partial charge in [-0.1, -0.05) is 12.1 Å². The fourth-order valence-electron chi connectivity index (χ4n) is 2.18. The molecule has 2 N–H and O–H groups in total. The van der Waals surface area contributed by atoms with Crippen LogP contribution in [-0.2, 0) is 0 Å². The Morgan fingerprint density at radius 3 is 2.75 bits per heavy atom. The highest BCUT2D eigenvalue weighted by atomic mass is 79.9. The Bertz CT molecular complexity index is 827. The van der Waals surface area contributed by atoms with E-state index in [0.29, 0.717) is 11.2 Å². The summed E-state index contributed by atoms with van der Waals surface area (Å²) < 4.78 is 29.5. The summed E-state index contributed by atoms with van der Waals surface area (Å²) >= 11 is 3.47. The van der Waals surface area contributed by atoms with E-state index in [2.05, 4.69) is 20.9 Å². The molecule has 2 aromatic carbocycles. The van der Waals surface area contributed by atoms with E-state index < -0.39 is 11.6 Å². The van der Waals surface area contributed by atoms with E-state index in [-0.39, 0.29) is 11.5 Å². The molecule has 0 aliphatic carbocycles. The molecule has 0 bridgehead atoms. The summed E-state index contributed by atoms with van der Waals surface area (Å²) in [6.07, 6.45) is 0. The molecule has 0 unspecified atom stereocenters. The van der Waals surface area contributed by atoms with Gasteiger partial charge in [0.1, 0.15) is 11.3 Å². The highest BCUT2D eigenvalue weighted by molar-refractivity contribution is 9.10. The van der Waals surface area contributed by atoms with Crippen LogP contribution < -0.4 is 5.73 Å². The molecular formula is C14H10BrF2N3. The molecule has 0 saturated carbocycles. The van der Waals surface area contributed by atoms with Gasteiger partial charge in [-0.15, -0.1) is 0 Å². The van der Waals surface area contributed by atoms with Crippen molar-refractivity contribution in [2.45, 2.75) is 6.92 Å². The second kappa shape index (κ2) is 4.56. The molecule has 0 aliphatic heterocycles. The summed E-state index contributed by atoms with van der Waals surface area (Å²) in [5.74, 6) is -1.29. The highest BCUT2D eigenvalue weighted by Crippen LogP contribution is 2.31. The van der Waals surface area contributed by atoms with Crippen molar-refractivity contribution in [3.05, 3.63) is 52.0 Å². The molecular weight excluding hydrogens is 328 g/mol. The summed E-state index contributed by atoms with van der Waals surface area (Å²) in [7, 11) is 0. The summed E-state index contributed by atoms with van der Waals surface area (Å²) in [5.41, 5.74) is 7.89. The first-order valence-electron chi connectivity index (χ1n) is 5.87. The van der Waals surface area contributed by atoms with E-state index in [9.17, 15) is 8.78 Å². The van der Waals surface area contributed by atoms with Crippen molar-refractivity contribution in [2.24, 2.45) is 0 Å². The molecule has 0 spiro atoms. The summed E-state index contributed by atoms with van der Waals surface area (Å²) in [5, 5.41) is 0. The first-order valence-corrected chi connectivity index (χ1v) is 6.67. The quantitative estimate of drug-likeness (QED) is 0.730. The van der Waals surface area contributed by atoms with E-state index in [0.717, 1.165) is 16.1 Å². The minimum atomic E-state index is -0.728. The molecule has 0 fully saturated rings. The third-order valence-corrected chi connectivity index (χ3v) is 4.15. The second-order valence-electron chi connectivity index (χ2n) is 4.47. The Labute approximate surface area is 122 Å². The number of rotatable bonds is 1. The zero-order valence-electron chi connectivity index (χ0n) is 10.5. The van der Waals surface area contributed by atoms with Gasteiger partial charge in [0.25, 0.3) is 0 Å². The Kier molecular flexibility index (Phi) is 2.97. The minimum Gasteiger partial charge on any atom is -0.369 e. The molecule has 0 amide bonds. The van der Waals surface area contributed by atoms with Crippen molar-refractivity contribution in [1.29, 1.82) is 0 Å². The van der Waals surface area contributed by atoms with E-state index in [4.69, 9.17) is 5.73 Å². The normalized spacial score (nSPS) is 11.2. The molecule has 1 aromatic heterocycles. The summed E-state index contributed by atoms with van der Waals surface area (Å²) in [4.78, 5) is 3.98. The van der Waals surface area contributed by atoms with Crippen LogP contribution in [0.15, 0.2) is 34.8 Å². The maximum Gasteiger partial charge on any atom is 0.206 e. The number of imidazole rings is 1. The second-order valence-corrected chi connectivity index (χ2v) is 5.26. The van der Waals surface area contributed by atoms with Gasteiger partial charge in [-0.3, -0.25) is 4.57 Å². The molecule has 0 aliphatic rings. The predicted octanol–water partition coefficient (Wildman–Crippen LogP) is 3.96. The van der Waals surface area contributed by atoms with E-state index in [1.165, 1.54) is 10.6 Å². The van der Waals surface area contributed by atoms with Gasteiger partial charge in [0, 0.05) is 16.6 Å². The monoisotopic (exact) mass is 337 g/mol. The molecule has 102 valence electrons. The van der Waals surface area contributed by atoms with Crippen molar-refractivity contribution in [3.63, 3.8) is 0 Å². The van der Waals surface area contributed by atoms with Crippen LogP contribution in [-0.4, -0.2) is 9.55 Å². The summed E-state index contributed by atoms with van der Waals surface area (Å²) in [6, 6.07) is 7.58. The number of nitrogens with two attached hydrogens (primary N) is 1. The van der Waals surface area contributed by atoms with E-state index in [1.54, 1.807) is 6.07 Å². The third kappa shape index (κ3) is 1.87. The van der Waals surface area contributed by atoms with Gasteiger partial charge < -0.3 is 5.73 Å². The average molecular weight is 338 g/mol. The maximum absolute atomic E-state index is 13.8. The van der Waals surface area contributed by atoms with Crippen LogP contribution in [0.1, 0.15) is 5.56 Å². The molecule has 0 atom stereocenters. The lowest BCUT2D eigenvalue weighted by Crippen LogP contribution is -2.02. The molecule has 3 rings (SSSR count). The number of aryl methyl sites for hydroxylation is 1. The number of halogens is 3. The van der Waals surface area contributed by atoms with Gasteiger partial charge in [0.05, 0.1) is 11.2 Å². The first kappa shape index (κ1) is 13.1. The van der Waals surface area contributed by atoms with Crippen LogP contribution in [0.25, 0.3) is 16.7 Å². The average Bonchev–Trinajstić information content (AvgIpc) is 2.70. The van der Waals surface area contributed by atoms with Gasteiger partial charge >= 0.3 is 0 Å². The number of hydrogen-bond acceptors (Lipinski definition) is 2. The SMILES string of the molecule is Cc1cccc(-n2c(N)nc3c(F)cc(F)cc32)c1Br. The highest BCUT2D eigenvalue weighted by Gasteiger charge is 2.17. The smallest absolute Gasteiger partial charge is 0.206 e. The number of benzene rings is 2. The van der Waals surface area contributed by atoms with Gasteiger partial charge in [0.15, 0.2) is 5.82 Å². The third-order valence-electron chi connectivity index (χ3n) is 3.12. The molecule has 1 heterocycles. The summed E-state index contributed by atoms with van der Waals surface area (Å²) in [6.45, 7) is 1.92. The fourth-order valence-corrected chi connectivity index (χ4v) is 2.62. The van der Waals surface area contributed by atoms with Crippen LogP contribution in [0, 0.1) is 18.6 Å². The molecule has 3 nitrogen and oxygen atoms in total. The van der Waals surface area contributed by atoms with Crippen molar-refractivity contribution in [2.75, 3.05) is 5.73 Å². The van der Waals surface area contributed by atoms with Crippen LogP contribution in [0.3, 0.4) is 0 Å². The van der Waals surface area contributed by atoms with Crippen LogP contribution >= 0.6 is 15.9 Å². The van der Waals surface area contributed by atoms with Gasteiger partial charge in [-0.2, -0.15) is 0 Å². The Morgan fingerprint density at radius 1 is 1.25 bits per heavy atom. The number of hydrogen-bond donors (Lipinski definition) is 1. The maximum atomic E-state index is 13.8. The van der Waals surface area contributed by atoms with Crippen LogP contribution in [0.4, 0.5) is 14.7 Å². The van der Waals surface area contributed by atoms with Crippen LogP contribution in [0.5, 0.6) is 0 Å². The van der Waals surface area contributed by atoms with Gasteiger partial charge in [-0.25, -0.2) is 13.8 Å². The lowest BCUT2D eigenvalue weighted by molar-refractivity contribution is 0.590. The molecule has 3 aromatic rings. The number of fused-ring (bicyclic) bond motifs is 1. The standard InChI is InChI=1S/C14H10BrF2N3/c1-7-3-2-4-10(12(7)15)20-11-6-8(16)5-9(17)13(11)19-14(20)18/h2-6H,1H3,(H2,18,19). The van der Waals surface area contributed by atoms with Crippen molar-refractivity contribution in [1.82, 2.24) is 9.55 Å². The molecule has 0 saturated heterocycles. The zero-order valence-corrected chi connectivity index (χ0v) is 12.1. The van der Waals surface area contributed by atoms with Crippen molar-refractivity contribution < 1.29 is 8.78 Å². The molecule has 6 heteroatoms. The van der Waals surface area contributed by atoms with E-state index >= 15 is 0 Å². The topological polar surface area (TPSA) is 43.8 Å². The van der Waals surface area contributed by atoms with Crippen molar-refractivity contribution in [3.8, 4) is 5.69 Å². The Balaban J connectivity index is 2.42. The Hall–Kier alpha value is -1.95. The van der Waals surface area contributed by atoms with Gasteiger partial charge in [0.2, 0.25) is 5.95 Å². The Morgan fingerprint density at radius 2 is 2.00 bits per heavy atom. The van der Waals surface area contributed by atoms with Gasteiger partial charge in [-0.05, 0) is 34.5 Å². The predicted molar refractivity (Wildman–Crippen MR) is 77.8 cm³/mol. The lowest BCUT2D eigenvalue weighted by atomic mass is 10.2. The number of nitrogen functional groups attached to an aromatic ring is 1. The fraction of sp³-hybridized carbons (Fsp3) is 0.0714. The van der Waals surface area contributed by atoms with E-state index in [1.807, 2.05) is 19.1 Å². The van der Waals surface area contributed by atoms with Crippen LogP contribution in [0.2, 0.25) is 0 Å². The number of anilines is 1. The van der Waals surface area contributed by atoms with Crippen molar-refractivity contribution >= 4 is 32.9 Å². The minimum absolute atomic E-state index is 0.0531. The lowest BCUT2D eigenvalue weighted by Gasteiger charge is -2.10. The molecule has 20 heavy (non-hydrogen) atoms. The number of aromatic nitrogens is 2. The number of nitrogens with zero attached hydrogens (tertiary/aromatic N) is 2. The molecule has 0 radical (unpaired) electrons. The first-order chi connectivity index (χ1) is 9.49. The largest absolute Gasteiger partial charge is 0.369 e.